The van der Waals surface area contributed by atoms with Crippen LogP contribution in [0.1, 0.15) is 58.3 Å². The van der Waals surface area contributed by atoms with Gasteiger partial charge in [-0.2, -0.15) is 0 Å². The molecule has 2 aliphatic rings. The molecule has 1 aliphatic heterocycles. The topological polar surface area (TPSA) is 58.4 Å². The smallest absolute Gasteiger partial charge is 0.220 e. The molecule has 0 aromatic rings. The molecule has 0 aromatic carbocycles. The van der Waals surface area contributed by atoms with E-state index in [-0.39, 0.29) is 5.91 Å². The lowest BCUT2D eigenvalue weighted by Gasteiger charge is -2.30. The highest BCUT2D eigenvalue weighted by atomic mass is 16.1. The second kappa shape index (κ2) is 8.74. The number of carbonyl (C=O) groups is 1. The highest BCUT2D eigenvalue weighted by molar-refractivity contribution is 5.75. The van der Waals surface area contributed by atoms with Crippen LogP contribution < -0.4 is 11.1 Å². The van der Waals surface area contributed by atoms with Crippen LogP contribution >= 0.6 is 0 Å². The van der Waals surface area contributed by atoms with Crippen LogP contribution in [0.25, 0.3) is 0 Å². The Kier molecular flexibility index (Phi) is 6.97. The number of rotatable bonds is 6. The SMILES string of the molecule is CC1CCN(CCNC(=O)CCC2CCC(N)CC2)CC1. The number of nitrogens with one attached hydrogen (secondary N) is 1. The number of likely N-dealkylation sites (tertiary alicyclic amines) is 1. The van der Waals surface area contributed by atoms with Crippen LogP contribution in [-0.2, 0) is 4.79 Å². The molecule has 0 bridgehead atoms. The van der Waals surface area contributed by atoms with Crippen LogP contribution in [0.3, 0.4) is 0 Å². The predicted molar refractivity (Wildman–Crippen MR) is 87.0 cm³/mol. The Labute approximate surface area is 129 Å². The third-order valence-electron chi connectivity index (χ3n) is 5.30. The predicted octanol–water partition coefficient (Wildman–Crippen LogP) is 2.13. The van der Waals surface area contributed by atoms with Crippen molar-refractivity contribution < 1.29 is 4.79 Å². The van der Waals surface area contributed by atoms with E-state index >= 15 is 0 Å². The van der Waals surface area contributed by atoms with Crippen LogP contribution in [0.4, 0.5) is 0 Å². The van der Waals surface area contributed by atoms with E-state index in [2.05, 4.69) is 17.1 Å². The lowest BCUT2D eigenvalue weighted by atomic mass is 9.84. The number of nitrogens with zero attached hydrogens (tertiary/aromatic N) is 1. The summed E-state index contributed by atoms with van der Waals surface area (Å²) in [6.45, 7) is 6.54. The first-order valence-electron chi connectivity index (χ1n) is 8.88. The van der Waals surface area contributed by atoms with Crippen molar-refractivity contribution in [2.24, 2.45) is 17.6 Å². The third kappa shape index (κ3) is 6.35. The molecular formula is C17H33N3O. The molecule has 1 saturated carbocycles. The van der Waals surface area contributed by atoms with Crippen LogP contribution in [0.2, 0.25) is 0 Å². The van der Waals surface area contributed by atoms with Crippen molar-refractivity contribution in [1.82, 2.24) is 10.2 Å². The van der Waals surface area contributed by atoms with Crippen molar-refractivity contribution in [2.45, 2.75) is 64.3 Å². The molecule has 0 radical (unpaired) electrons. The second-order valence-corrected chi connectivity index (χ2v) is 7.19. The summed E-state index contributed by atoms with van der Waals surface area (Å²) >= 11 is 0. The molecule has 0 atom stereocenters. The molecule has 1 aliphatic carbocycles. The molecule has 1 amide bonds. The minimum absolute atomic E-state index is 0.232. The van der Waals surface area contributed by atoms with E-state index in [0.717, 1.165) is 44.2 Å². The third-order valence-corrected chi connectivity index (χ3v) is 5.30. The largest absolute Gasteiger partial charge is 0.355 e. The lowest BCUT2D eigenvalue weighted by molar-refractivity contribution is -0.121. The highest BCUT2D eigenvalue weighted by Gasteiger charge is 2.19. The fourth-order valence-electron chi connectivity index (χ4n) is 3.54. The first kappa shape index (κ1) is 16.8. The van der Waals surface area contributed by atoms with Gasteiger partial charge < -0.3 is 16.0 Å². The van der Waals surface area contributed by atoms with Crippen LogP contribution in [-0.4, -0.2) is 43.0 Å². The molecule has 2 fully saturated rings. The van der Waals surface area contributed by atoms with Crippen LogP contribution in [0.5, 0.6) is 0 Å². The van der Waals surface area contributed by atoms with Gasteiger partial charge in [0.15, 0.2) is 0 Å². The summed E-state index contributed by atoms with van der Waals surface area (Å²) in [6, 6.07) is 0.405. The van der Waals surface area contributed by atoms with E-state index < -0.39 is 0 Å². The molecule has 122 valence electrons. The molecule has 0 unspecified atom stereocenters. The maximum Gasteiger partial charge on any atom is 0.220 e. The Hall–Kier alpha value is -0.610. The fourth-order valence-corrected chi connectivity index (χ4v) is 3.54. The van der Waals surface area contributed by atoms with E-state index in [4.69, 9.17) is 5.73 Å². The van der Waals surface area contributed by atoms with Crippen molar-refractivity contribution in [3.8, 4) is 0 Å². The summed E-state index contributed by atoms with van der Waals surface area (Å²) in [5.41, 5.74) is 5.91. The first-order chi connectivity index (χ1) is 10.1. The van der Waals surface area contributed by atoms with Gasteiger partial charge in [0.05, 0.1) is 0 Å². The molecule has 4 heteroatoms. The van der Waals surface area contributed by atoms with Crippen molar-refractivity contribution >= 4 is 5.91 Å². The summed E-state index contributed by atoms with van der Waals surface area (Å²) in [7, 11) is 0. The number of amides is 1. The number of hydrogen-bond acceptors (Lipinski definition) is 3. The highest BCUT2D eigenvalue weighted by Crippen LogP contribution is 2.26. The van der Waals surface area contributed by atoms with Gasteiger partial charge in [-0.25, -0.2) is 0 Å². The minimum atomic E-state index is 0.232. The number of piperidine rings is 1. The maximum atomic E-state index is 11.9. The van der Waals surface area contributed by atoms with Gasteiger partial charge in [-0.1, -0.05) is 6.92 Å². The van der Waals surface area contributed by atoms with Crippen molar-refractivity contribution in [3.05, 3.63) is 0 Å². The zero-order valence-electron chi connectivity index (χ0n) is 13.7. The van der Waals surface area contributed by atoms with E-state index in [1.807, 2.05) is 0 Å². The zero-order chi connectivity index (χ0) is 15.1. The van der Waals surface area contributed by atoms with Gasteiger partial charge in [0.1, 0.15) is 0 Å². The average Bonchev–Trinajstić information content (AvgIpc) is 2.49. The summed E-state index contributed by atoms with van der Waals surface area (Å²) in [5, 5.41) is 3.08. The summed E-state index contributed by atoms with van der Waals surface area (Å²) in [5.74, 6) is 1.83. The Morgan fingerprint density at radius 3 is 2.48 bits per heavy atom. The van der Waals surface area contributed by atoms with Crippen LogP contribution in [0.15, 0.2) is 0 Å². The van der Waals surface area contributed by atoms with Crippen molar-refractivity contribution in [1.29, 1.82) is 0 Å². The van der Waals surface area contributed by atoms with Gasteiger partial charge in [-0.15, -0.1) is 0 Å². The molecule has 1 saturated heterocycles. The molecular weight excluding hydrogens is 262 g/mol. The molecule has 2 rings (SSSR count). The normalized spacial score (nSPS) is 28.5. The zero-order valence-corrected chi connectivity index (χ0v) is 13.7. The molecule has 3 N–H and O–H groups in total. The fraction of sp³-hybridized carbons (Fsp3) is 0.941. The van der Waals surface area contributed by atoms with Gasteiger partial charge >= 0.3 is 0 Å². The summed E-state index contributed by atoms with van der Waals surface area (Å²) in [6.07, 6.45) is 9.03. The van der Waals surface area contributed by atoms with Crippen molar-refractivity contribution in [3.63, 3.8) is 0 Å². The lowest BCUT2D eigenvalue weighted by Crippen LogP contribution is -2.39. The molecule has 21 heavy (non-hydrogen) atoms. The Morgan fingerprint density at radius 1 is 1.14 bits per heavy atom. The second-order valence-electron chi connectivity index (χ2n) is 7.19. The van der Waals surface area contributed by atoms with Gasteiger partial charge in [0.2, 0.25) is 5.91 Å². The van der Waals surface area contributed by atoms with Gasteiger partial charge in [0, 0.05) is 25.6 Å². The van der Waals surface area contributed by atoms with E-state index in [1.165, 1.54) is 38.8 Å². The average molecular weight is 295 g/mol. The Balaban J connectivity index is 1.49. The maximum absolute atomic E-state index is 11.9. The Bertz CT molecular complexity index is 305. The van der Waals surface area contributed by atoms with Gasteiger partial charge in [0.25, 0.3) is 0 Å². The Morgan fingerprint density at radius 2 is 1.81 bits per heavy atom. The number of carbonyl (C=O) groups excluding carboxylic acids is 1. The number of nitrogens with two attached hydrogens (primary N) is 1. The molecule has 1 heterocycles. The summed E-state index contributed by atoms with van der Waals surface area (Å²) < 4.78 is 0. The van der Waals surface area contributed by atoms with Crippen molar-refractivity contribution in [2.75, 3.05) is 26.2 Å². The van der Waals surface area contributed by atoms with E-state index in [1.54, 1.807) is 0 Å². The molecule has 0 spiro atoms. The molecule has 4 nitrogen and oxygen atoms in total. The van der Waals surface area contributed by atoms with Gasteiger partial charge in [-0.3, -0.25) is 4.79 Å². The van der Waals surface area contributed by atoms with Gasteiger partial charge in [-0.05, 0) is 69.9 Å². The van der Waals surface area contributed by atoms with E-state index in [0.29, 0.717) is 12.5 Å². The summed E-state index contributed by atoms with van der Waals surface area (Å²) in [4.78, 5) is 14.4. The molecule has 0 aromatic heterocycles. The quantitative estimate of drug-likeness (QED) is 0.789. The standard InChI is InChI=1S/C17H33N3O/c1-14-8-11-20(12-9-14)13-10-19-17(21)7-4-15-2-5-16(18)6-3-15/h14-16H,2-13,18H2,1H3,(H,19,21). The first-order valence-corrected chi connectivity index (χ1v) is 8.88. The minimum Gasteiger partial charge on any atom is -0.355 e. The van der Waals surface area contributed by atoms with E-state index in [9.17, 15) is 4.79 Å². The monoisotopic (exact) mass is 295 g/mol. The number of hydrogen-bond donors (Lipinski definition) is 2. The van der Waals surface area contributed by atoms with Crippen LogP contribution in [0, 0.1) is 11.8 Å².